The maximum absolute atomic E-state index is 6.59. The fraction of sp³-hybridized carbons (Fsp3) is 0.375. The van der Waals surface area contributed by atoms with Crippen molar-refractivity contribution in [3.05, 3.63) is 52.7 Å². The Balaban J connectivity index is 1.86. The first-order chi connectivity index (χ1) is 15.0. The zero-order valence-electron chi connectivity index (χ0n) is 18.2. The Hall–Kier alpha value is -2.70. The van der Waals surface area contributed by atoms with Crippen LogP contribution in [0.5, 0.6) is 5.75 Å². The number of unbranched alkanes of at least 4 members (excludes halogenated alkanes) is 1. The predicted octanol–water partition coefficient (Wildman–Crippen LogP) is 5.37. The molecule has 4 rings (SSSR count). The zero-order chi connectivity index (χ0) is 22.0. The number of aryl methyl sites for hydroxylation is 2. The molecule has 7 heteroatoms. The van der Waals surface area contributed by atoms with Crippen molar-refractivity contribution >= 4 is 28.3 Å². The van der Waals surface area contributed by atoms with Gasteiger partial charge in [0.2, 0.25) is 0 Å². The van der Waals surface area contributed by atoms with E-state index in [4.69, 9.17) is 27.1 Å². The van der Waals surface area contributed by atoms with Crippen molar-refractivity contribution in [3.63, 3.8) is 0 Å². The number of fused-ring (bicyclic) bond motifs is 3. The lowest BCUT2D eigenvalue weighted by Crippen LogP contribution is -2.15. The maximum atomic E-state index is 6.59. The number of aromatic nitrogens is 4. The van der Waals surface area contributed by atoms with Crippen LogP contribution in [-0.4, -0.2) is 32.2 Å². The van der Waals surface area contributed by atoms with Crippen molar-refractivity contribution in [1.29, 1.82) is 0 Å². The van der Waals surface area contributed by atoms with Crippen LogP contribution in [0.2, 0.25) is 5.02 Å². The second-order valence-corrected chi connectivity index (χ2v) is 8.47. The highest BCUT2D eigenvalue weighted by molar-refractivity contribution is 6.33. The number of benzene rings is 2. The Morgan fingerprint density at radius 2 is 2.00 bits per heavy atom. The fourth-order valence-corrected chi connectivity index (χ4v) is 3.85. The quantitative estimate of drug-likeness (QED) is 0.375. The summed E-state index contributed by atoms with van der Waals surface area (Å²) in [6, 6.07) is 12.2. The molecule has 162 valence electrons. The van der Waals surface area contributed by atoms with Crippen molar-refractivity contribution < 1.29 is 4.74 Å². The highest BCUT2D eigenvalue weighted by Gasteiger charge is 2.18. The standard InChI is InChI=1S/C24H28ClN5O/c1-4-5-12-31-18-9-10-20(25)19(14-18)24-29-28-23-16(3)27-21-11-8-17(7-6-15(2)26)13-22(21)30(23)24/h8-11,13-15H,4-7,12,26H2,1-3H3. The highest BCUT2D eigenvalue weighted by Crippen LogP contribution is 2.33. The number of nitrogens with zero attached hydrogens (tertiary/aromatic N) is 4. The minimum Gasteiger partial charge on any atom is -0.494 e. The molecule has 31 heavy (non-hydrogen) atoms. The van der Waals surface area contributed by atoms with E-state index >= 15 is 0 Å². The molecule has 1 atom stereocenters. The van der Waals surface area contributed by atoms with Crippen molar-refractivity contribution in [2.24, 2.45) is 5.73 Å². The van der Waals surface area contributed by atoms with E-state index < -0.39 is 0 Å². The van der Waals surface area contributed by atoms with Gasteiger partial charge in [-0.15, -0.1) is 10.2 Å². The van der Waals surface area contributed by atoms with E-state index in [-0.39, 0.29) is 6.04 Å². The van der Waals surface area contributed by atoms with E-state index in [1.165, 1.54) is 5.56 Å². The van der Waals surface area contributed by atoms with Crippen LogP contribution in [0, 0.1) is 6.92 Å². The second-order valence-electron chi connectivity index (χ2n) is 8.06. The number of rotatable bonds is 8. The molecule has 0 amide bonds. The maximum Gasteiger partial charge on any atom is 0.183 e. The predicted molar refractivity (Wildman–Crippen MR) is 126 cm³/mol. The number of hydrogen-bond acceptors (Lipinski definition) is 5. The molecule has 0 saturated heterocycles. The average molecular weight is 438 g/mol. The van der Waals surface area contributed by atoms with Crippen LogP contribution in [0.15, 0.2) is 36.4 Å². The molecule has 2 aromatic heterocycles. The summed E-state index contributed by atoms with van der Waals surface area (Å²) in [5.74, 6) is 1.46. The van der Waals surface area contributed by atoms with Gasteiger partial charge in [-0.1, -0.05) is 31.0 Å². The molecular formula is C24H28ClN5O. The summed E-state index contributed by atoms with van der Waals surface area (Å²) in [6.07, 6.45) is 3.91. The summed E-state index contributed by atoms with van der Waals surface area (Å²) in [5, 5.41) is 9.52. The lowest BCUT2D eigenvalue weighted by Gasteiger charge is -2.11. The van der Waals surface area contributed by atoms with Crippen molar-refractivity contribution in [2.45, 2.75) is 52.5 Å². The molecule has 0 saturated carbocycles. The van der Waals surface area contributed by atoms with Crippen LogP contribution in [0.3, 0.4) is 0 Å². The molecule has 2 heterocycles. The molecule has 0 spiro atoms. The summed E-state index contributed by atoms with van der Waals surface area (Å²) in [6.45, 7) is 6.79. The van der Waals surface area contributed by atoms with E-state index in [0.29, 0.717) is 17.5 Å². The van der Waals surface area contributed by atoms with Gasteiger partial charge in [0.05, 0.1) is 28.4 Å². The van der Waals surface area contributed by atoms with Crippen LogP contribution in [0.1, 0.15) is 44.4 Å². The van der Waals surface area contributed by atoms with E-state index in [1.54, 1.807) is 0 Å². The Kier molecular flexibility index (Phi) is 6.39. The first-order valence-electron chi connectivity index (χ1n) is 10.8. The zero-order valence-corrected chi connectivity index (χ0v) is 19.0. The molecule has 0 aliphatic rings. The van der Waals surface area contributed by atoms with Crippen LogP contribution >= 0.6 is 11.6 Å². The number of ether oxygens (including phenoxy) is 1. The molecule has 2 aromatic carbocycles. The third-order valence-corrected chi connectivity index (χ3v) is 5.72. The molecule has 6 nitrogen and oxygen atoms in total. The molecule has 4 aromatic rings. The van der Waals surface area contributed by atoms with Crippen molar-refractivity contribution in [1.82, 2.24) is 19.6 Å². The number of nitrogens with two attached hydrogens (primary N) is 1. The third kappa shape index (κ3) is 4.50. The Bertz CT molecular complexity index is 1220. The summed E-state index contributed by atoms with van der Waals surface area (Å²) in [4.78, 5) is 4.73. The second kappa shape index (κ2) is 9.20. The molecule has 1 unspecified atom stereocenters. The van der Waals surface area contributed by atoms with E-state index in [1.807, 2.05) is 42.5 Å². The third-order valence-electron chi connectivity index (χ3n) is 5.39. The summed E-state index contributed by atoms with van der Waals surface area (Å²) < 4.78 is 7.94. The van der Waals surface area contributed by atoms with Gasteiger partial charge in [-0.2, -0.15) is 0 Å². The molecule has 0 bridgehead atoms. The summed E-state index contributed by atoms with van der Waals surface area (Å²) >= 11 is 6.59. The Morgan fingerprint density at radius 3 is 2.77 bits per heavy atom. The lowest BCUT2D eigenvalue weighted by molar-refractivity contribution is 0.309. The largest absolute Gasteiger partial charge is 0.494 e. The van der Waals surface area contributed by atoms with Crippen molar-refractivity contribution in [2.75, 3.05) is 6.61 Å². The smallest absolute Gasteiger partial charge is 0.183 e. The Labute approximate surface area is 187 Å². The monoisotopic (exact) mass is 437 g/mol. The van der Waals surface area contributed by atoms with Crippen molar-refractivity contribution in [3.8, 4) is 17.1 Å². The summed E-state index contributed by atoms with van der Waals surface area (Å²) in [7, 11) is 0. The molecule has 0 aliphatic carbocycles. The van der Waals surface area contributed by atoms with Gasteiger partial charge in [0.25, 0.3) is 0 Å². The number of hydrogen-bond donors (Lipinski definition) is 1. The van der Waals surface area contributed by atoms with Gasteiger partial charge in [0.15, 0.2) is 11.5 Å². The van der Waals surface area contributed by atoms with Gasteiger partial charge in [-0.25, -0.2) is 4.98 Å². The average Bonchev–Trinajstić information content (AvgIpc) is 3.20. The highest BCUT2D eigenvalue weighted by atomic mass is 35.5. The van der Waals surface area contributed by atoms with Gasteiger partial charge in [0, 0.05) is 11.6 Å². The van der Waals surface area contributed by atoms with Crippen LogP contribution < -0.4 is 10.5 Å². The minimum atomic E-state index is 0.159. The molecule has 2 N–H and O–H groups in total. The van der Waals surface area contributed by atoms with Gasteiger partial charge >= 0.3 is 0 Å². The summed E-state index contributed by atoms with van der Waals surface area (Å²) in [5.41, 5.74) is 11.3. The van der Waals surface area contributed by atoms with Gasteiger partial charge in [-0.3, -0.25) is 4.40 Å². The van der Waals surface area contributed by atoms with Gasteiger partial charge in [0.1, 0.15) is 5.75 Å². The topological polar surface area (TPSA) is 78.3 Å². The van der Waals surface area contributed by atoms with Crippen LogP contribution in [0.4, 0.5) is 0 Å². The lowest BCUT2D eigenvalue weighted by atomic mass is 10.1. The van der Waals surface area contributed by atoms with E-state index in [2.05, 4.69) is 29.3 Å². The van der Waals surface area contributed by atoms with E-state index in [0.717, 1.165) is 59.4 Å². The normalized spacial score (nSPS) is 12.5. The first-order valence-corrected chi connectivity index (χ1v) is 11.2. The van der Waals surface area contributed by atoms with Crippen LogP contribution in [0.25, 0.3) is 28.1 Å². The van der Waals surface area contributed by atoms with Gasteiger partial charge in [-0.05, 0) is 69.0 Å². The van der Waals surface area contributed by atoms with E-state index in [9.17, 15) is 0 Å². The first kappa shape index (κ1) is 21.5. The van der Waals surface area contributed by atoms with Gasteiger partial charge < -0.3 is 10.5 Å². The minimum absolute atomic E-state index is 0.159. The van der Waals surface area contributed by atoms with Crippen LogP contribution in [-0.2, 0) is 6.42 Å². The fourth-order valence-electron chi connectivity index (χ4n) is 3.64. The SMILES string of the molecule is CCCCOc1ccc(Cl)c(-c2nnc3c(C)nc4ccc(CCC(C)N)cc4n23)c1. The Morgan fingerprint density at radius 1 is 1.16 bits per heavy atom. The molecule has 0 fully saturated rings. The molecule has 0 aliphatic heterocycles. The molecular weight excluding hydrogens is 410 g/mol. The number of halogens is 1. The molecule has 0 radical (unpaired) electrons.